The monoisotopic (exact) mass is 342 g/mol. The zero-order chi connectivity index (χ0) is 17.7. The molecule has 2 heterocycles. The second-order valence-corrected chi connectivity index (χ2v) is 6.81. The molecule has 0 amide bonds. The maximum atomic E-state index is 11.0. The van der Waals surface area contributed by atoms with Crippen molar-refractivity contribution in [3.63, 3.8) is 0 Å². The summed E-state index contributed by atoms with van der Waals surface area (Å²) in [6, 6.07) is 11.8. The predicted molar refractivity (Wildman–Crippen MR) is 96.7 cm³/mol. The number of nitrogens with zero attached hydrogens (tertiary/aromatic N) is 2. The molecule has 3 rings (SSSR count). The first-order valence-electron chi connectivity index (χ1n) is 8.67. The van der Waals surface area contributed by atoms with Gasteiger partial charge in [-0.1, -0.05) is 24.3 Å². The molecule has 134 valence electrons. The SMILES string of the molecule is Cc1ccccc1OCC1(O)COCCN(Cc2ncccc2C)C1. The van der Waals surface area contributed by atoms with Gasteiger partial charge in [0.1, 0.15) is 18.0 Å². The van der Waals surface area contributed by atoms with Crippen LogP contribution < -0.4 is 4.74 Å². The van der Waals surface area contributed by atoms with Gasteiger partial charge < -0.3 is 14.6 Å². The third kappa shape index (κ3) is 4.78. The Morgan fingerprint density at radius 2 is 2.00 bits per heavy atom. The lowest BCUT2D eigenvalue weighted by atomic mass is 10.1. The summed E-state index contributed by atoms with van der Waals surface area (Å²) in [5.41, 5.74) is 2.21. The summed E-state index contributed by atoms with van der Waals surface area (Å²) < 4.78 is 11.5. The van der Waals surface area contributed by atoms with E-state index in [9.17, 15) is 5.11 Å². The fourth-order valence-electron chi connectivity index (χ4n) is 3.05. The number of benzene rings is 1. The largest absolute Gasteiger partial charge is 0.490 e. The summed E-state index contributed by atoms with van der Waals surface area (Å²) in [6.07, 6.45) is 1.81. The van der Waals surface area contributed by atoms with Crippen LogP contribution >= 0.6 is 0 Å². The molecule has 0 spiro atoms. The number of aromatic nitrogens is 1. The van der Waals surface area contributed by atoms with E-state index in [-0.39, 0.29) is 13.2 Å². The van der Waals surface area contributed by atoms with E-state index < -0.39 is 5.60 Å². The summed E-state index contributed by atoms with van der Waals surface area (Å²) >= 11 is 0. The summed E-state index contributed by atoms with van der Waals surface area (Å²) in [7, 11) is 0. The molecule has 0 bridgehead atoms. The molecule has 1 atom stereocenters. The van der Waals surface area contributed by atoms with Gasteiger partial charge in [0, 0.05) is 25.8 Å². The maximum Gasteiger partial charge on any atom is 0.134 e. The molecule has 1 aliphatic rings. The van der Waals surface area contributed by atoms with Crippen LogP contribution in [-0.4, -0.2) is 53.5 Å². The quantitative estimate of drug-likeness (QED) is 0.904. The van der Waals surface area contributed by atoms with Crippen LogP contribution in [0.5, 0.6) is 5.75 Å². The Bertz CT molecular complexity index is 707. The number of hydrogen-bond donors (Lipinski definition) is 1. The molecular weight excluding hydrogens is 316 g/mol. The van der Waals surface area contributed by atoms with Crippen molar-refractivity contribution in [2.24, 2.45) is 0 Å². The fraction of sp³-hybridized carbons (Fsp3) is 0.450. The first kappa shape index (κ1) is 17.9. The van der Waals surface area contributed by atoms with Gasteiger partial charge in [-0.3, -0.25) is 9.88 Å². The highest BCUT2D eigenvalue weighted by atomic mass is 16.5. The molecule has 0 aliphatic carbocycles. The van der Waals surface area contributed by atoms with Gasteiger partial charge in [0.05, 0.1) is 18.9 Å². The summed E-state index contributed by atoms with van der Waals surface area (Å²) in [5.74, 6) is 0.798. The number of para-hydroxylation sites is 1. The number of aliphatic hydroxyl groups is 1. The Kier molecular flexibility index (Phi) is 5.68. The van der Waals surface area contributed by atoms with Crippen molar-refractivity contribution in [1.82, 2.24) is 9.88 Å². The van der Waals surface area contributed by atoms with E-state index >= 15 is 0 Å². The van der Waals surface area contributed by atoms with Crippen molar-refractivity contribution >= 4 is 0 Å². The van der Waals surface area contributed by atoms with E-state index in [1.807, 2.05) is 43.5 Å². The van der Waals surface area contributed by atoms with E-state index in [0.29, 0.717) is 19.7 Å². The summed E-state index contributed by atoms with van der Waals surface area (Å²) in [4.78, 5) is 6.64. The zero-order valence-corrected chi connectivity index (χ0v) is 14.9. The molecule has 1 aromatic heterocycles. The van der Waals surface area contributed by atoms with Gasteiger partial charge in [-0.05, 0) is 37.1 Å². The molecular formula is C20H26N2O3. The molecule has 0 saturated carbocycles. The fourth-order valence-corrected chi connectivity index (χ4v) is 3.05. The van der Waals surface area contributed by atoms with E-state index in [0.717, 1.165) is 29.1 Å². The molecule has 1 fully saturated rings. The van der Waals surface area contributed by atoms with Gasteiger partial charge in [-0.2, -0.15) is 0 Å². The molecule has 1 N–H and O–H groups in total. The third-order valence-corrected chi connectivity index (χ3v) is 4.52. The second-order valence-electron chi connectivity index (χ2n) is 6.81. The number of rotatable bonds is 5. The molecule has 1 unspecified atom stereocenters. The van der Waals surface area contributed by atoms with Crippen molar-refractivity contribution < 1.29 is 14.6 Å². The van der Waals surface area contributed by atoms with Gasteiger partial charge >= 0.3 is 0 Å². The standard InChI is InChI=1S/C20H26N2O3/c1-16-7-5-9-21-18(16)12-22-10-11-24-14-20(23,13-22)15-25-19-8-4-3-6-17(19)2/h3-9,23H,10-15H2,1-2H3. The van der Waals surface area contributed by atoms with Crippen LogP contribution in [0, 0.1) is 13.8 Å². The maximum absolute atomic E-state index is 11.0. The molecule has 25 heavy (non-hydrogen) atoms. The van der Waals surface area contributed by atoms with E-state index in [2.05, 4.69) is 22.9 Å². The third-order valence-electron chi connectivity index (χ3n) is 4.52. The van der Waals surface area contributed by atoms with Gasteiger partial charge in [0.15, 0.2) is 0 Å². The normalized spacial score (nSPS) is 21.7. The number of aryl methyl sites for hydroxylation is 2. The predicted octanol–water partition coefficient (Wildman–Crippen LogP) is 2.34. The lowest BCUT2D eigenvalue weighted by Crippen LogP contribution is -2.48. The summed E-state index contributed by atoms with van der Waals surface area (Å²) in [6.45, 7) is 7.09. The Morgan fingerprint density at radius 1 is 1.20 bits per heavy atom. The smallest absolute Gasteiger partial charge is 0.134 e. The van der Waals surface area contributed by atoms with Gasteiger partial charge in [0.2, 0.25) is 0 Å². The van der Waals surface area contributed by atoms with Crippen LogP contribution in [-0.2, 0) is 11.3 Å². The van der Waals surface area contributed by atoms with E-state index in [4.69, 9.17) is 9.47 Å². The Morgan fingerprint density at radius 3 is 2.80 bits per heavy atom. The van der Waals surface area contributed by atoms with Crippen LogP contribution in [0.2, 0.25) is 0 Å². The average Bonchev–Trinajstić information content (AvgIpc) is 2.78. The highest BCUT2D eigenvalue weighted by molar-refractivity contribution is 5.31. The first-order valence-corrected chi connectivity index (χ1v) is 8.67. The highest BCUT2D eigenvalue weighted by Crippen LogP contribution is 2.21. The van der Waals surface area contributed by atoms with E-state index in [1.165, 1.54) is 0 Å². The Labute approximate surface area is 149 Å². The molecule has 0 radical (unpaired) electrons. The first-order chi connectivity index (χ1) is 12.1. The average molecular weight is 342 g/mol. The molecule has 2 aromatic rings. The van der Waals surface area contributed by atoms with Crippen molar-refractivity contribution in [2.45, 2.75) is 26.0 Å². The lowest BCUT2D eigenvalue weighted by Gasteiger charge is -2.30. The number of ether oxygens (including phenoxy) is 2. The highest BCUT2D eigenvalue weighted by Gasteiger charge is 2.34. The van der Waals surface area contributed by atoms with Crippen LogP contribution in [0.1, 0.15) is 16.8 Å². The van der Waals surface area contributed by atoms with E-state index in [1.54, 1.807) is 0 Å². The molecule has 5 heteroatoms. The van der Waals surface area contributed by atoms with Crippen molar-refractivity contribution in [1.29, 1.82) is 0 Å². The minimum absolute atomic E-state index is 0.204. The van der Waals surface area contributed by atoms with Crippen molar-refractivity contribution in [2.75, 3.05) is 32.9 Å². The molecule has 1 saturated heterocycles. The number of hydrogen-bond acceptors (Lipinski definition) is 5. The van der Waals surface area contributed by atoms with Gasteiger partial charge in [-0.15, -0.1) is 0 Å². The minimum atomic E-state index is -1.04. The van der Waals surface area contributed by atoms with Crippen molar-refractivity contribution in [3.8, 4) is 5.75 Å². The van der Waals surface area contributed by atoms with Gasteiger partial charge in [0.25, 0.3) is 0 Å². The zero-order valence-electron chi connectivity index (χ0n) is 14.9. The molecule has 1 aliphatic heterocycles. The minimum Gasteiger partial charge on any atom is -0.490 e. The van der Waals surface area contributed by atoms with Crippen LogP contribution in [0.4, 0.5) is 0 Å². The van der Waals surface area contributed by atoms with Crippen LogP contribution in [0.3, 0.4) is 0 Å². The van der Waals surface area contributed by atoms with Crippen LogP contribution in [0.15, 0.2) is 42.6 Å². The van der Waals surface area contributed by atoms with Crippen molar-refractivity contribution in [3.05, 3.63) is 59.4 Å². The lowest BCUT2D eigenvalue weighted by molar-refractivity contribution is -0.0648. The topological polar surface area (TPSA) is 54.8 Å². The Hall–Kier alpha value is -1.95. The Balaban J connectivity index is 1.66. The van der Waals surface area contributed by atoms with Crippen LogP contribution in [0.25, 0.3) is 0 Å². The van der Waals surface area contributed by atoms with Gasteiger partial charge in [-0.25, -0.2) is 0 Å². The number of pyridine rings is 1. The summed E-state index contributed by atoms with van der Waals surface area (Å²) in [5, 5.41) is 11.0. The second kappa shape index (κ2) is 7.95. The number of β-amino-alcohol motifs (C(OH)–C–C–N with tert-alkyl or cyclic N) is 1. The molecule has 5 nitrogen and oxygen atoms in total. The molecule has 1 aromatic carbocycles.